The molecule has 4 aromatic rings. The Bertz CT molecular complexity index is 1780. The SMILES string of the molecule is C[C@H]1CC(=O)N[C@@H]2CCCC(C2)n2nc(-c3ccc(C(=O)Nc4cc(C(F)(F)F)ccn4)cc3)c3c(N)ncc(c32)/C=C/CCN1. The van der Waals surface area contributed by atoms with E-state index >= 15 is 0 Å². The van der Waals surface area contributed by atoms with Crippen molar-refractivity contribution < 1.29 is 22.8 Å². The first-order valence-electron chi connectivity index (χ1n) is 15.4. The third kappa shape index (κ3) is 6.74. The summed E-state index contributed by atoms with van der Waals surface area (Å²) in [6.45, 7) is 2.74. The number of nitrogens with one attached hydrogen (secondary N) is 3. The molecule has 240 valence electrons. The molecule has 1 aromatic carbocycles. The minimum atomic E-state index is -4.56. The number of anilines is 2. The minimum Gasteiger partial charge on any atom is -0.383 e. The highest BCUT2D eigenvalue weighted by molar-refractivity contribution is 6.06. The van der Waals surface area contributed by atoms with E-state index in [4.69, 9.17) is 10.8 Å². The molecule has 1 aliphatic heterocycles. The minimum absolute atomic E-state index is 0.00920. The summed E-state index contributed by atoms with van der Waals surface area (Å²) in [5.41, 5.74) is 8.85. The van der Waals surface area contributed by atoms with Gasteiger partial charge in [0.15, 0.2) is 0 Å². The van der Waals surface area contributed by atoms with E-state index in [1.807, 2.05) is 17.7 Å². The quantitative estimate of drug-likeness (QED) is 0.226. The third-order valence-electron chi connectivity index (χ3n) is 8.48. The molecule has 0 saturated heterocycles. The topological polar surface area (TPSA) is 140 Å². The van der Waals surface area contributed by atoms with Crippen molar-refractivity contribution in [2.45, 2.75) is 69.8 Å². The van der Waals surface area contributed by atoms with Gasteiger partial charge in [0.05, 0.1) is 22.5 Å². The maximum Gasteiger partial charge on any atom is 0.416 e. The van der Waals surface area contributed by atoms with E-state index in [9.17, 15) is 22.8 Å². The predicted molar refractivity (Wildman–Crippen MR) is 170 cm³/mol. The highest BCUT2D eigenvalue weighted by atomic mass is 19.4. The predicted octanol–water partition coefficient (Wildman–Crippen LogP) is 5.73. The van der Waals surface area contributed by atoms with E-state index in [1.165, 1.54) is 0 Å². The van der Waals surface area contributed by atoms with Crippen molar-refractivity contribution in [3.05, 3.63) is 71.6 Å². The highest BCUT2D eigenvalue weighted by Crippen LogP contribution is 2.39. The molecule has 46 heavy (non-hydrogen) atoms. The van der Waals surface area contributed by atoms with Gasteiger partial charge in [-0.15, -0.1) is 0 Å². The summed E-state index contributed by atoms with van der Waals surface area (Å²) < 4.78 is 41.3. The van der Waals surface area contributed by atoms with Crippen LogP contribution in [0.25, 0.3) is 28.2 Å². The van der Waals surface area contributed by atoms with Gasteiger partial charge in [0.1, 0.15) is 17.3 Å². The Morgan fingerprint density at radius 3 is 2.72 bits per heavy atom. The maximum atomic E-state index is 13.1. The van der Waals surface area contributed by atoms with Gasteiger partial charge in [0, 0.05) is 47.6 Å². The molecule has 1 aliphatic carbocycles. The highest BCUT2D eigenvalue weighted by Gasteiger charge is 2.31. The molecule has 5 N–H and O–H groups in total. The fraction of sp³-hybridized carbons (Fsp3) is 0.364. The first-order valence-corrected chi connectivity index (χ1v) is 15.4. The normalized spacial score (nSPS) is 21.6. The molecule has 3 atom stereocenters. The summed E-state index contributed by atoms with van der Waals surface area (Å²) in [5.74, 6) is -0.454. The van der Waals surface area contributed by atoms with Crippen LogP contribution < -0.4 is 21.7 Å². The average Bonchev–Trinajstić information content (AvgIpc) is 3.43. The molecule has 1 saturated carbocycles. The van der Waals surface area contributed by atoms with Crippen LogP contribution >= 0.6 is 0 Å². The van der Waals surface area contributed by atoms with Crippen molar-refractivity contribution in [3.63, 3.8) is 0 Å². The van der Waals surface area contributed by atoms with Crippen LogP contribution in [0.5, 0.6) is 0 Å². The molecule has 6 rings (SSSR count). The number of alkyl halides is 3. The van der Waals surface area contributed by atoms with Gasteiger partial charge in [0.25, 0.3) is 5.91 Å². The van der Waals surface area contributed by atoms with Crippen molar-refractivity contribution in [1.29, 1.82) is 0 Å². The Balaban J connectivity index is 1.35. The molecule has 0 spiro atoms. The van der Waals surface area contributed by atoms with Crippen LogP contribution in [0.1, 0.15) is 73.0 Å². The second-order valence-electron chi connectivity index (χ2n) is 11.9. The number of rotatable bonds is 3. The standard InChI is InChI=1S/C33H35F3N8O2/c1-19-15-27(45)41-24-6-4-7-25(17-24)44-30-22(5-2-3-13-38-19)18-40-31(37)28(30)29(43-44)20-8-10-21(11-9-20)32(46)42-26-16-23(12-14-39-26)33(34,35)36/h2,5,8-12,14,16,18-19,24-25,38H,3-4,6-7,13,15,17H2,1H3,(H2,37,40)(H,41,45)(H,39,42,46)/b5-2+/t19-,24+,25?/m0/s1. The smallest absolute Gasteiger partial charge is 0.383 e. The number of halogens is 3. The number of fused-ring (bicyclic) bond motifs is 3. The lowest BCUT2D eigenvalue weighted by molar-refractivity contribution is -0.137. The fourth-order valence-corrected chi connectivity index (χ4v) is 6.23. The Hall–Kier alpha value is -4.78. The lowest BCUT2D eigenvalue weighted by Crippen LogP contribution is -2.41. The van der Waals surface area contributed by atoms with Crippen molar-refractivity contribution in [3.8, 4) is 11.3 Å². The molecule has 2 amide bonds. The number of aromatic nitrogens is 4. The lowest BCUT2D eigenvalue weighted by Gasteiger charge is -2.31. The number of benzene rings is 1. The maximum absolute atomic E-state index is 13.1. The Morgan fingerprint density at radius 2 is 1.93 bits per heavy atom. The molecular formula is C33H35F3N8O2. The second-order valence-corrected chi connectivity index (χ2v) is 11.9. The van der Waals surface area contributed by atoms with Gasteiger partial charge in [0.2, 0.25) is 5.91 Å². The number of hydrogen-bond acceptors (Lipinski definition) is 7. The van der Waals surface area contributed by atoms with Crippen LogP contribution in [0.2, 0.25) is 0 Å². The molecule has 0 radical (unpaired) electrons. The average molecular weight is 633 g/mol. The number of amides is 2. The van der Waals surface area contributed by atoms with E-state index in [-0.39, 0.29) is 35.4 Å². The number of nitrogen functional groups attached to an aromatic ring is 1. The van der Waals surface area contributed by atoms with E-state index in [0.717, 1.165) is 68.1 Å². The van der Waals surface area contributed by atoms with E-state index < -0.39 is 17.6 Å². The largest absolute Gasteiger partial charge is 0.416 e. The summed E-state index contributed by atoms with van der Waals surface area (Å²) in [4.78, 5) is 34.0. The van der Waals surface area contributed by atoms with Gasteiger partial charge in [-0.25, -0.2) is 9.97 Å². The molecule has 10 nitrogen and oxygen atoms in total. The monoisotopic (exact) mass is 632 g/mol. The summed E-state index contributed by atoms with van der Waals surface area (Å²) in [7, 11) is 0. The lowest BCUT2D eigenvalue weighted by atomic mass is 9.90. The van der Waals surface area contributed by atoms with Gasteiger partial charge in [-0.05, 0) is 69.8 Å². The Labute approximate surface area is 263 Å². The van der Waals surface area contributed by atoms with Crippen LogP contribution in [0.4, 0.5) is 24.8 Å². The van der Waals surface area contributed by atoms with Crippen LogP contribution in [-0.2, 0) is 11.0 Å². The number of carbonyl (C=O) groups is 2. The van der Waals surface area contributed by atoms with Crippen molar-refractivity contribution >= 4 is 40.4 Å². The first kappa shape index (κ1) is 31.2. The molecule has 2 bridgehead atoms. The van der Waals surface area contributed by atoms with Gasteiger partial charge < -0.3 is 21.7 Å². The zero-order valence-electron chi connectivity index (χ0n) is 25.3. The van der Waals surface area contributed by atoms with Crippen LogP contribution in [0.3, 0.4) is 0 Å². The second kappa shape index (κ2) is 12.9. The van der Waals surface area contributed by atoms with E-state index in [1.54, 1.807) is 30.5 Å². The van der Waals surface area contributed by atoms with Gasteiger partial charge in [-0.1, -0.05) is 24.3 Å². The van der Waals surface area contributed by atoms with Crippen LogP contribution in [0, 0.1) is 0 Å². The molecule has 1 fully saturated rings. The Morgan fingerprint density at radius 1 is 1.13 bits per heavy atom. The van der Waals surface area contributed by atoms with Crippen LogP contribution in [-0.4, -0.2) is 50.2 Å². The third-order valence-corrected chi connectivity index (χ3v) is 8.48. The number of nitrogens with zero attached hydrogens (tertiary/aromatic N) is 4. The molecule has 13 heteroatoms. The van der Waals surface area contributed by atoms with Crippen LogP contribution in [0.15, 0.2) is 54.9 Å². The molecular weight excluding hydrogens is 597 g/mol. The fourth-order valence-electron chi connectivity index (χ4n) is 6.23. The summed E-state index contributed by atoms with van der Waals surface area (Å²) in [6, 6.07) is 8.34. The van der Waals surface area contributed by atoms with Gasteiger partial charge in [-0.3, -0.25) is 14.3 Å². The summed E-state index contributed by atoms with van der Waals surface area (Å²) in [5, 5.41) is 14.8. The van der Waals surface area contributed by atoms with Crippen molar-refractivity contribution in [2.24, 2.45) is 0 Å². The first-order chi connectivity index (χ1) is 22.1. The molecule has 2 aliphatic rings. The van der Waals surface area contributed by atoms with Gasteiger partial charge >= 0.3 is 6.18 Å². The number of nitrogens with two attached hydrogens (primary N) is 1. The zero-order chi connectivity index (χ0) is 32.4. The van der Waals surface area contributed by atoms with E-state index in [0.29, 0.717) is 28.9 Å². The number of carbonyl (C=O) groups excluding carboxylic acids is 2. The molecule has 1 unspecified atom stereocenters. The van der Waals surface area contributed by atoms with Crippen molar-refractivity contribution in [2.75, 3.05) is 17.6 Å². The molecule has 4 heterocycles. The van der Waals surface area contributed by atoms with Crippen molar-refractivity contribution in [1.82, 2.24) is 30.4 Å². The van der Waals surface area contributed by atoms with Gasteiger partial charge in [-0.2, -0.15) is 18.3 Å². The summed E-state index contributed by atoms with van der Waals surface area (Å²) in [6.07, 6.45) is 6.88. The summed E-state index contributed by atoms with van der Waals surface area (Å²) >= 11 is 0. The zero-order valence-corrected chi connectivity index (χ0v) is 25.3. The Kier molecular flexibility index (Phi) is 8.76. The molecule has 3 aromatic heterocycles. The number of hydrogen-bond donors (Lipinski definition) is 4. The number of pyridine rings is 2. The van der Waals surface area contributed by atoms with E-state index in [2.05, 4.69) is 32.0 Å².